The molecule has 2 rings (SSSR count). The second kappa shape index (κ2) is 5.95. The van der Waals surface area contributed by atoms with Crippen LogP contribution in [-0.4, -0.2) is 30.6 Å². The molecule has 1 aliphatic rings. The zero-order chi connectivity index (χ0) is 13.9. The maximum absolute atomic E-state index is 12.2. The Balaban J connectivity index is 1.86. The summed E-state index contributed by atoms with van der Waals surface area (Å²) < 4.78 is 0. The van der Waals surface area contributed by atoms with Crippen molar-refractivity contribution in [1.29, 1.82) is 0 Å². The summed E-state index contributed by atoms with van der Waals surface area (Å²) >= 11 is 1.75. The summed E-state index contributed by atoms with van der Waals surface area (Å²) in [4.78, 5) is 15.5. The first kappa shape index (κ1) is 14.4. The van der Waals surface area contributed by atoms with Gasteiger partial charge in [-0.1, -0.05) is 26.8 Å². The zero-order valence-corrected chi connectivity index (χ0v) is 12.9. The summed E-state index contributed by atoms with van der Waals surface area (Å²) in [7, 11) is 0. The van der Waals surface area contributed by atoms with E-state index in [-0.39, 0.29) is 11.4 Å². The van der Waals surface area contributed by atoms with Crippen molar-refractivity contribution in [3.05, 3.63) is 22.4 Å². The van der Waals surface area contributed by atoms with E-state index in [4.69, 9.17) is 0 Å². The smallest absolute Gasteiger partial charge is 0.317 e. The first-order chi connectivity index (χ1) is 8.99. The number of thiophene rings is 1. The molecule has 106 valence electrons. The van der Waals surface area contributed by atoms with Crippen LogP contribution in [0.25, 0.3) is 0 Å². The van der Waals surface area contributed by atoms with Gasteiger partial charge in [0.05, 0.1) is 0 Å². The van der Waals surface area contributed by atoms with Gasteiger partial charge in [-0.05, 0) is 30.2 Å². The average molecular weight is 280 g/mol. The molecule has 1 unspecified atom stereocenters. The fourth-order valence-electron chi connectivity index (χ4n) is 2.53. The number of carbonyl (C=O) groups excluding carboxylic acids is 1. The van der Waals surface area contributed by atoms with E-state index in [0.717, 1.165) is 19.5 Å². The van der Waals surface area contributed by atoms with Crippen molar-refractivity contribution >= 4 is 17.4 Å². The molecule has 0 aromatic carbocycles. The Morgan fingerprint density at radius 3 is 3.00 bits per heavy atom. The van der Waals surface area contributed by atoms with E-state index in [1.165, 1.54) is 11.3 Å². The first-order valence-electron chi connectivity index (χ1n) is 7.06. The fraction of sp³-hybridized carbons (Fsp3) is 0.667. The van der Waals surface area contributed by atoms with Gasteiger partial charge in [0.25, 0.3) is 0 Å². The van der Waals surface area contributed by atoms with Crippen LogP contribution in [0, 0.1) is 5.92 Å². The van der Waals surface area contributed by atoms with Crippen LogP contribution in [0.3, 0.4) is 0 Å². The van der Waals surface area contributed by atoms with Crippen LogP contribution in [0.4, 0.5) is 4.79 Å². The molecule has 4 heteroatoms. The molecule has 0 radical (unpaired) electrons. The third kappa shape index (κ3) is 3.72. The van der Waals surface area contributed by atoms with Crippen molar-refractivity contribution in [2.24, 2.45) is 5.92 Å². The largest absolute Gasteiger partial charge is 0.337 e. The molecule has 1 N–H and O–H groups in total. The second-order valence-electron chi connectivity index (χ2n) is 6.21. The summed E-state index contributed by atoms with van der Waals surface area (Å²) in [6.07, 6.45) is 2.37. The van der Waals surface area contributed by atoms with E-state index >= 15 is 0 Å². The number of hydrogen-bond donors (Lipinski definition) is 1. The normalized spacial score (nSPS) is 20.4. The van der Waals surface area contributed by atoms with Gasteiger partial charge in [-0.2, -0.15) is 0 Å². The molecule has 3 nitrogen and oxygen atoms in total. The van der Waals surface area contributed by atoms with E-state index in [1.54, 1.807) is 11.3 Å². The average Bonchev–Trinajstić information content (AvgIpc) is 2.90. The number of urea groups is 1. The lowest BCUT2D eigenvalue weighted by Crippen LogP contribution is -2.47. The lowest BCUT2D eigenvalue weighted by atomic mass is 9.91. The Labute approximate surface area is 120 Å². The number of carbonyl (C=O) groups is 1. The number of rotatable bonds is 3. The molecule has 1 aliphatic heterocycles. The highest BCUT2D eigenvalue weighted by Crippen LogP contribution is 2.26. The SMILES string of the molecule is CC1CCCN(C(=O)NCC(C)(C)c2cccs2)C1. The Morgan fingerprint density at radius 1 is 1.58 bits per heavy atom. The van der Waals surface area contributed by atoms with Crippen molar-refractivity contribution in [2.45, 2.75) is 39.0 Å². The molecule has 1 saturated heterocycles. The topological polar surface area (TPSA) is 32.3 Å². The highest BCUT2D eigenvalue weighted by molar-refractivity contribution is 7.10. The summed E-state index contributed by atoms with van der Waals surface area (Å²) in [5.74, 6) is 0.629. The monoisotopic (exact) mass is 280 g/mol. The Kier molecular flexibility index (Phi) is 4.50. The predicted molar refractivity (Wildman–Crippen MR) is 80.7 cm³/mol. The van der Waals surface area contributed by atoms with Gasteiger partial charge in [0.1, 0.15) is 0 Å². The highest BCUT2D eigenvalue weighted by Gasteiger charge is 2.25. The van der Waals surface area contributed by atoms with Gasteiger partial charge in [0.15, 0.2) is 0 Å². The van der Waals surface area contributed by atoms with Crippen molar-refractivity contribution in [3.8, 4) is 0 Å². The van der Waals surface area contributed by atoms with E-state index in [1.807, 2.05) is 4.90 Å². The lowest BCUT2D eigenvalue weighted by Gasteiger charge is -2.32. The summed E-state index contributed by atoms with van der Waals surface area (Å²) in [5.41, 5.74) is 0.00519. The van der Waals surface area contributed by atoms with Crippen LogP contribution in [-0.2, 0) is 5.41 Å². The van der Waals surface area contributed by atoms with E-state index in [2.05, 4.69) is 43.6 Å². The molecule has 19 heavy (non-hydrogen) atoms. The quantitative estimate of drug-likeness (QED) is 0.903. The minimum Gasteiger partial charge on any atom is -0.337 e. The standard InChI is InChI=1S/C15H24N2OS/c1-12-6-4-8-17(10-12)14(18)16-11-15(2,3)13-7-5-9-19-13/h5,7,9,12H,4,6,8,10-11H2,1-3H3,(H,16,18). The molecule has 0 aliphatic carbocycles. The molecule has 0 spiro atoms. The third-order valence-corrected chi connectivity index (χ3v) is 5.05. The van der Waals surface area contributed by atoms with Crippen molar-refractivity contribution in [3.63, 3.8) is 0 Å². The van der Waals surface area contributed by atoms with Crippen LogP contribution in [0.1, 0.15) is 38.5 Å². The first-order valence-corrected chi connectivity index (χ1v) is 7.94. The number of nitrogens with one attached hydrogen (secondary N) is 1. The Hall–Kier alpha value is -1.03. The van der Waals surface area contributed by atoms with Crippen molar-refractivity contribution < 1.29 is 4.79 Å². The maximum Gasteiger partial charge on any atom is 0.317 e. The summed E-state index contributed by atoms with van der Waals surface area (Å²) in [5, 5.41) is 5.18. The molecule has 1 aromatic heterocycles. The van der Waals surface area contributed by atoms with Crippen LogP contribution in [0.2, 0.25) is 0 Å². The van der Waals surface area contributed by atoms with E-state index < -0.39 is 0 Å². The number of hydrogen-bond acceptors (Lipinski definition) is 2. The number of piperidine rings is 1. The van der Waals surface area contributed by atoms with Gasteiger partial charge < -0.3 is 10.2 Å². The number of likely N-dealkylation sites (tertiary alicyclic amines) is 1. The van der Waals surface area contributed by atoms with Crippen molar-refractivity contribution in [1.82, 2.24) is 10.2 Å². The molecule has 0 saturated carbocycles. The van der Waals surface area contributed by atoms with Gasteiger partial charge in [-0.25, -0.2) is 4.79 Å². The van der Waals surface area contributed by atoms with Crippen molar-refractivity contribution in [2.75, 3.05) is 19.6 Å². The molecule has 1 aromatic rings. The summed E-state index contributed by atoms with van der Waals surface area (Å²) in [6.45, 7) is 9.06. The highest BCUT2D eigenvalue weighted by atomic mass is 32.1. The molecular formula is C15H24N2OS. The minimum atomic E-state index is 0.00519. The Morgan fingerprint density at radius 2 is 2.37 bits per heavy atom. The van der Waals surface area contributed by atoms with Crippen LogP contribution in [0.5, 0.6) is 0 Å². The van der Waals surface area contributed by atoms with E-state index in [0.29, 0.717) is 12.5 Å². The predicted octanol–water partition coefficient (Wildman–Crippen LogP) is 3.47. The zero-order valence-electron chi connectivity index (χ0n) is 12.1. The molecule has 2 amide bonds. The van der Waals surface area contributed by atoms with Gasteiger partial charge in [0.2, 0.25) is 0 Å². The number of amides is 2. The summed E-state index contributed by atoms with van der Waals surface area (Å²) in [6, 6.07) is 4.30. The lowest BCUT2D eigenvalue weighted by molar-refractivity contribution is 0.168. The van der Waals surface area contributed by atoms with Gasteiger partial charge in [-0.15, -0.1) is 11.3 Å². The van der Waals surface area contributed by atoms with Gasteiger partial charge in [-0.3, -0.25) is 0 Å². The fourth-order valence-corrected chi connectivity index (χ4v) is 3.39. The third-order valence-electron chi connectivity index (χ3n) is 3.81. The molecule has 2 heterocycles. The Bertz CT molecular complexity index is 414. The number of nitrogens with zero attached hydrogens (tertiary/aromatic N) is 1. The molecule has 0 bridgehead atoms. The molecule has 1 atom stereocenters. The van der Waals surface area contributed by atoms with Crippen LogP contribution >= 0.6 is 11.3 Å². The molecule has 1 fully saturated rings. The van der Waals surface area contributed by atoms with Gasteiger partial charge >= 0.3 is 6.03 Å². The maximum atomic E-state index is 12.2. The van der Waals surface area contributed by atoms with Crippen LogP contribution in [0.15, 0.2) is 17.5 Å². The van der Waals surface area contributed by atoms with Crippen LogP contribution < -0.4 is 5.32 Å². The minimum absolute atomic E-state index is 0.00519. The van der Waals surface area contributed by atoms with Gasteiger partial charge in [0, 0.05) is 29.9 Å². The van der Waals surface area contributed by atoms with E-state index in [9.17, 15) is 4.79 Å². The molecular weight excluding hydrogens is 256 g/mol. The second-order valence-corrected chi connectivity index (χ2v) is 7.16.